The predicted molar refractivity (Wildman–Crippen MR) is 149 cm³/mol. The monoisotopic (exact) mass is 532 g/mol. The molecule has 0 bridgehead atoms. The molecule has 2 aliphatic heterocycles. The minimum atomic E-state index is -0.533. The van der Waals surface area contributed by atoms with E-state index in [0.717, 1.165) is 60.1 Å². The van der Waals surface area contributed by atoms with Gasteiger partial charge in [-0.2, -0.15) is 0 Å². The maximum atomic E-state index is 12.9. The Morgan fingerprint density at radius 3 is 2.63 bits per heavy atom. The van der Waals surface area contributed by atoms with Gasteiger partial charge in [-0.1, -0.05) is 54.6 Å². The number of hydrogen-bond acceptors (Lipinski definition) is 7. The lowest BCUT2D eigenvalue weighted by atomic mass is 10.1. The summed E-state index contributed by atoms with van der Waals surface area (Å²) < 4.78 is 17.6. The van der Waals surface area contributed by atoms with E-state index in [0.29, 0.717) is 12.2 Å². The Balaban J connectivity index is 1.26. The molecule has 8 nitrogen and oxygen atoms in total. The Kier molecular flexibility index (Phi) is 8.47. The van der Waals surface area contributed by atoms with Gasteiger partial charge in [-0.3, -0.25) is 15.6 Å². The van der Waals surface area contributed by atoms with Crippen molar-refractivity contribution in [3.63, 3.8) is 0 Å². The van der Waals surface area contributed by atoms with E-state index in [1.54, 1.807) is 11.8 Å². The molecule has 5 rings (SSSR count). The molecule has 0 radical (unpaired) electrons. The van der Waals surface area contributed by atoms with Gasteiger partial charge in [0.15, 0.2) is 6.10 Å². The molecular formula is C29H32N4O4S. The third-order valence-corrected chi connectivity index (χ3v) is 8.00. The third-order valence-electron chi connectivity index (χ3n) is 6.65. The van der Waals surface area contributed by atoms with Crippen molar-refractivity contribution in [3.8, 4) is 5.75 Å². The summed E-state index contributed by atoms with van der Waals surface area (Å²) in [6.07, 6.45) is -0.401. The number of anilines is 1. The van der Waals surface area contributed by atoms with E-state index in [4.69, 9.17) is 25.4 Å². The van der Waals surface area contributed by atoms with Crippen LogP contribution in [-0.2, 0) is 22.4 Å². The fourth-order valence-electron chi connectivity index (χ4n) is 4.62. The summed E-state index contributed by atoms with van der Waals surface area (Å²) in [7, 11) is 0. The molecule has 38 heavy (non-hydrogen) atoms. The maximum Gasteiger partial charge on any atom is 0.411 e. The van der Waals surface area contributed by atoms with Crippen molar-refractivity contribution in [1.29, 1.82) is 5.41 Å². The number of nitrogens with zero attached hydrogens (tertiary/aromatic N) is 1. The Hall–Kier alpha value is -3.53. The molecular weight excluding hydrogens is 500 g/mol. The highest BCUT2D eigenvalue weighted by molar-refractivity contribution is 8.01. The molecule has 0 aromatic heterocycles. The molecule has 3 aromatic rings. The minimum Gasteiger partial charge on any atom is -0.482 e. The van der Waals surface area contributed by atoms with Gasteiger partial charge in [0.25, 0.3) is 0 Å². The second-order valence-corrected chi connectivity index (χ2v) is 10.5. The van der Waals surface area contributed by atoms with Gasteiger partial charge in [0.1, 0.15) is 18.2 Å². The zero-order valence-electron chi connectivity index (χ0n) is 21.1. The third kappa shape index (κ3) is 6.48. The second kappa shape index (κ2) is 12.3. The first-order chi connectivity index (χ1) is 18.6. The lowest BCUT2D eigenvalue weighted by molar-refractivity contribution is 0.0342. The van der Waals surface area contributed by atoms with Gasteiger partial charge in [-0.25, -0.2) is 4.79 Å². The molecule has 198 valence electrons. The maximum absolute atomic E-state index is 12.9. The number of nitrogens with one attached hydrogen (secondary N) is 2. The van der Waals surface area contributed by atoms with E-state index in [2.05, 4.69) is 10.2 Å². The number of para-hydroxylation sites is 1. The van der Waals surface area contributed by atoms with Crippen LogP contribution in [0.5, 0.6) is 5.75 Å². The number of thioether (sulfide) groups is 1. The number of amides is 1. The van der Waals surface area contributed by atoms with Gasteiger partial charge in [-0.15, -0.1) is 11.8 Å². The van der Waals surface area contributed by atoms with E-state index in [-0.39, 0.29) is 17.7 Å². The molecule has 1 fully saturated rings. The first-order valence-electron chi connectivity index (χ1n) is 12.7. The van der Waals surface area contributed by atoms with E-state index < -0.39 is 12.2 Å². The van der Waals surface area contributed by atoms with Gasteiger partial charge in [0.05, 0.1) is 18.5 Å². The standard InChI is InChI=1S/C29H32N4O4S/c30-28(31)27-17-22-24(11-6-12-26(22)38-27)37-25(20-7-2-1-3-8-20)19-36-29(34)32-23-10-5-4-9-21(23)18-33-13-15-35-16-14-33/h1-12,25,27H,13-19H2,(H3,30,31)(H,32,34). The highest BCUT2D eigenvalue weighted by Crippen LogP contribution is 2.42. The van der Waals surface area contributed by atoms with E-state index in [9.17, 15) is 4.79 Å². The molecule has 1 amide bonds. The largest absolute Gasteiger partial charge is 0.482 e. The van der Waals surface area contributed by atoms with Crippen molar-refractivity contribution in [2.75, 3.05) is 38.2 Å². The smallest absolute Gasteiger partial charge is 0.411 e. The van der Waals surface area contributed by atoms with Crippen molar-refractivity contribution in [2.24, 2.45) is 5.73 Å². The van der Waals surface area contributed by atoms with Crippen LogP contribution >= 0.6 is 11.8 Å². The van der Waals surface area contributed by atoms with Crippen LogP contribution in [0.4, 0.5) is 10.5 Å². The number of carbonyl (C=O) groups is 1. The quantitative estimate of drug-likeness (QED) is 0.267. The molecule has 2 atom stereocenters. The van der Waals surface area contributed by atoms with Gasteiger partial charge >= 0.3 is 6.09 Å². The molecule has 0 spiro atoms. The van der Waals surface area contributed by atoms with E-state index >= 15 is 0 Å². The van der Waals surface area contributed by atoms with Crippen LogP contribution in [0.3, 0.4) is 0 Å². The lowest BCUT2D eigenvalue weighted by Gasteiger charge is -2.27. The molecule has 1 saturated heterocycles. The minimum absolute atomic E-state index is 0.0361. The summed E-state index contributed by atoms with van der Waals surface area (Å²) in [6.45, 7) is 3.93. The zero-order chi connectivity index (χ0) is 26.3. The summed E-state index contributed by atoms with van der Waals surface area (Å²) in [4.78, 5) is 16.3. The zero-order valence-corrected chi connectivity index (χ0v) is 21.9. The average molecular weight is 533 g/mol. The molecule has 4 N–H and O–H groups in total. The first kappa shape index (κ1) is 26.1. The summed E-state index contributed by atoms with van der Waals surface area (Å²) >= 11 is 1.58. The van der Waals surface area contributed by atoms with Gasteiger partial charge in [0.2, 0.25) is 0 Å². The number of carbonyl (C=O) groups excluding carboxylic acids is 1. The van der Waals surface area contributed by atoms with Gasteiger partial charge in [0, 0.05) is 35.8 Å². The second-order valence-electron chi connectivity index (χ2n) is 9.29. The number of ether oxygens (including phenoxy) is 3. The number of nitrogens with two attached hydrogens (primary N) is 1. The van der Waals surface area contributed by atoms with Crippen molar-refractivity contribution in [2.45, 2.75) is 29.2 Å². The van der Waals surface area contributed by atoms with E-state index in [1.165, 1.54) is 0 Å². The molecule has 0 aliphatic carbocycles. The summed E-state index contributed by atoms with van der Waals surface area (Å²) in [5.41, 5.74) is 9.46. The molecule has 2 heterocycles. The fourth-order valence-corrected chi connectivity index (χ4v) is 5.79. The van der Waals surface area contributed by atoms with Crippen molar-refractivity contribution in [1.82, 2.24) is 4.90 Å². The van der Waals surface area contributed by atoms with Crippen LogP contribution in [0.2, 0.25) is 0 Å². The first-order valence-corrected chi connectivity index (χ1v) is 13.6. The SMILES string of the molecule is N=C(N)C1Cc2c(OC(COC(=O)Nc3ccccc3CN3CCOCC3)c3ccccc3)cccc2S1. The molecule has 0 saturated carbocycles. The predicted octanol–water partition coefficient (Wildman–Crippen LogP) is 4.84. The van der Waals surface area contributed by atoms with Crippen molar-refractivity contribution >= 4 is 29.4 Å². The van der Waals surface area contributed by atoms with Crippen LogP contribution in [0.1, 0.15) is 22.8 Å². The topological polar surface area (TPSA) is 110 Å². The van der Waals surface area contributed by atoms with E-state index in [1.807, 2.05) is 72.8 Å². The van der Waals surface area contributed by atoms with Crippen LogP contribution in [-0.4, -0.2) is 55.0 Å². The molecule has 2 aliphatic rings. The number of hydrogen-bond donors (Lipinski definition) is 3. The normalized spacial score (nSPS) is 17.8. The highest BCUT2D eigenvalue weighted by Gasteiger charge is 2.28. The number of morpholine rings is 1. The summed E-state index contributed by atoms with van der Waals surface area (Å²) in [6, 6.07) is 23.4. The Bertz CT molecular complexity index is 1270. The molecule has 3 aromatic carbocycles. The van der Waals surface area contributed by atoms with Crippen molar-refractivity contribution in [3.05, 3.63) is 89.5 Å². The van der Waals surface area contributed by atoms with Gasteiger partial charge < -0.3 is 19.9 Å². The summed E-state index contributed by atoms with van der Waals surface area (Å²) in [5.74, 6) is 0.873. The van der Waals surface area contributed by atoms with Crippen LogP contribution in [0, 0.1) is 5.41 Å². The van der Waals surface area contributed by atoms with Crippen LogP contribution in [0.25, 0.3) is 0 Å². The lowest BCUT2D eigenvalue weighted by Crippen LogP contribution is -2.35. The number of amidine groups is 1. The fraction of sp³-hybridized carbons (Fsp3) is 0.310. The Labute approximate surface area is 227 Å². The number of benzene rings is 3. The highest BCUT2D eigenvalue weighted by atomic mass is 32.2. The molecule has 9 heteroatoms. The average Bonchev–Trinajstić information content (AvgIpc) is 3.39. The summed E-state index contributed by atoms with van der Waals surface area (Å²) in [5, 5.41) is 10.7. The van der Waals surface area contributed by atoms with Crippen LogP contribution < -0.4 is 15.8 Å². The van der Waals surface area contributed by atoms with Gasteiger partial charge in [-0.05, 0) is 35.7 Å². The number of fused-ring (bicyclic) bond motifs is 1. The Morgan fingerprint density at radius 2 is 1.84 bits per heavy atom. The van der Waals surface area contributed by atoms with Crippen LogP contribution in [0.15, 0.2) is 77.7 Å². The number of rotatable bonds is 9. The Morgan fingerprint density at radius 1 is 1.08 bits per heavy atom. The molecule has 2 unspecified atom stereocenters. The van der Waals surface area contributed by atoms with Crippen molar-refractivity contribution < 1.29 is 19.0 Å².